The van der Waals surface area contributed by atoms with Gasteiger partial charge < -0.3 is 4.90 Å². The standard InChI is InChI=1S/C17H24ClN5O5S/c1-5-10(2)23(11-6-7-29(27,28)9-11)12(24)8-22-13-14(19-16(22)18)20(3)17(26)21(4)15(13)25/h10-11H,5-9H2,1-4H3/t10-,11+/m0/s1. The summed E-state index contributed by atoms with van der Waals surface area (Å²) in [5.41, 5.74) is -1.01. The van der Waals surface area contributed by atoms with Gasteiger partial charge in [0.05, 0.1) is 11.5 Å². The number of aromatic nitrogens is 4. The number of imidazole rings is 1. The van der Waals surface area contributed by atoms with Crippen LogP contribution in [0.3, 0.4) is 0 Å². The van der Waals surface area contributed by atoms with Crippen LogP contribution >= 0.6 is 11.6 Å². The van der Waals surface area contributed by atoms with E-state index in [4.69, 9.17) is 11.6 Å². The molecule has 10 nitrogen and oxygen atoms in total. The maximum Gasteiger partial charge on any atom is 0.332 e. The molecule has 0 bridgehead atoms. The monoisotopic (exact) mass is 445 g/mol. The van der Waals surface area contributed by atoms with E-state index in [2.05, 4.69) is 4.98 Å². The fourth-order valence-electron chi connectivity index (χ4n) is 3.78. The predicted molar refractivity (Wildman–Crippen MR) is 109 cm³/mol. The molecule has 1 aliphatic rings. The average Bonchev–Trinajstić information content (AvgIpc) is 3.17. The van der Waals surface area contributed by atoms with Crippen LogP contribution in [0.15, 0.2) is 9.59 Å². The Balaban J connectivity index is 2.05. The first-order chi connectivity index (χ1) is 13.5. The molecule has 0 radical (unpaired) electrons. The van der Waals surface area contributed by atoms with E-state index in [1.807, 2.05) is 13.8 Å². The molecule has 2 aromatic heterocycles. The zero-order valence-electron chi connectivity index (χ0n) is 16.8. The third kappa shape index (κ3) is 3.73. The third-order valence-corrected chi connectivity index (χ3v) is 7.59. The Bertz CT molecular complexity index is 1200. The fraction of sp³-hybridized carbons (Fsp3) is 0.647. The van der Waals surface area contributed by atoms with Gasteiger partial charge in [-0.1, -0.05) is 6.92 Å². The number of aryl methyl sites for hydroxylation is 1. The summed E-state index contributed by atoms with van der Waals surface area (Å²) >= 11 is 6.21. The van der Waals surface area contributed by atoms with E-state index in [1.54, 1.807) is 4.90 Å². The van der Waals surface area contributed by atoms with Crippen molar-refractivity contribution in [3.05, 3.63) is 26.1 Å². The number of fused-ring (bicyclic) bond motifs is 1. The van der Waals surface area contributed by atoms with Crippen LogP contribution in [0.25, 0.3) is 11.2 Å². The van der Waals surface area contributed by atoms with Crippen LogP contribution in [-0.2, 0) is 35.3 Å². The number of hydrogen-bond acceptors (Lipinski definition) is 6. The minimum atomic E-state index is -3.17. The molecule has 3 rings (SSSR count). The lowest BCUT2D eigenvalue weighted by molar-refractivity contribution is -0.136. The number of hydrogen-bond donors (Lipinski definition) is 0. The highest BCUT2D eigenvalue weighted by molar-refractivity contribution is 7.91. The van der Waals surface area contributed by atoms with Crippen LogP contribution in [0.4, 0.5) is 0 Å². The smallest absolute Gasteiger partial charge is 0.332 e. The number of amides is 1. The van der Waals surface area contributed by atoms with Gasteiger partial charge in [0.25, 0.3) is 5.56 Å². The van der Waals surface area contributed by atoms with Crippen LogP contribution in [0.1, 0.15) is 26.7 Å². The Morgan fingerprint density at radius 1 is 1.31 bits per heavy atom. The summed E-state index contributed by atoms with van der Waals surface area (Å²) in [4.78, 5) is 43.6. The van der Waals surface area contributed by atoms with Gasteiger partial charge in [-0.2, -0.15) is 4.98 Å². The first-order valence-corrected chi connectivity index (χ1v) is 11.5. The van der Waals surface area contributed by atoms with Crippen molar-refractivity contribution >= 4 is 38.5 Å². The van der Waals surface area contributed by atoms with Crippen LogP contribution in [0.5, 0.6) is 0 Å². The number of nitrogens with zero attached hydrogens (tertiary/aromatic N) is 5. The topological polar surface area (TPSA) is 116 Å². The van der Waals surface area contributed by atoms with Crippen molar-refractivity contribution in [2.75, 3.05) is 11.5 Å². The molecule has 3 heterocycles. The number of sulfone groups is 1. The molecular weight excluding hydrogens is 422 g/mol. The Labute approximate surface area is 172 Å². The molecule has 1 amide bonds. The highest BCUT2D eigenvalue weighted by atomic mass is 35.5. The van der Waals surface area contributed by atoms with Crippen molar-refractivity contribution in [3.8, 4) is 0 Å². The molecular formula is C17H24ClN5O5S. The van der Waals surface area contributed by atoms with E-state index >= 15 is 0 Å². The van der Waals surface area contributed by atoms with Crippen molar-refractivity contribution in [1.82, 2.24) is 23.6 Å². The molecule has 0 aromatic carbocycles. The zero-order valence-corrected chi connectivity index (χ0v) is 18.3. The van der Waals surface area contributed by atoms with Crippen molar-refractivity contribution in [2.24, 2.45) is 14.1 Å². The Hall–Kier alpha value is -2.14. The summed E-state index contributed by atoms with van der Waals surface area (Å²) < 4.78 is 27.3. The second-order valence-electron chi connectivity index (χ2n) is 7.46. The zero-order chi connectivity index (χ0) is 21.7. The highest BCUT2D eigenvalue weighted by Gasteiger charge is 2.37. The summed E-state index contributed by atoms with van der Waals surface area (Å²) in [5.74, 6) is -0.369. The van der Waals surface area contributed by atoms with E-state index in [0.717, 1.165) is 4.57 Å². The summed E-state index contributed by atoms with van der Waals surface area (Å²) in [6.45, 7) is 3.50. The molecule has 1 fully saturated rings. The molecule has 0 aliphatic carbocycles. The molecule has 160 valence electrons. The molecule has 2 atom stereocenters. The van der Waals surface area contributed by atoms with Crippen molar-refractivity contribution in [2.45, 2.75) is 45.3 Å². The molecule has 1 saturated heterocycles. The van der Waals surface area contributed by atoms with Gasteiger partial charge in [0.2, 0.25) is 11.2 Å². The Kier molecular flexibility index (Phi) is 5.65. The molecule has 0 unspecified atom stereocenters. The van der Waals surface area contributed by atoms with Gasteiger partial charge in [0.15, 0.2) is 21.0 Å². The molecule has 29 heavy (non-hydrogen) atoms. The summed E-state index contributed by atoms with van der Waals surface area (Å²) in [6, 6.07) is -0.593. The van der Waals surface area contributed by atoms with Crippen molar-refractivity contribution < 1.29 is 13.2 Å². The summed E-state index contributed by atoms with van der Waals surface area (Å²) in [5, 5.41) is -0.0882. The first-order valence-electron chi connectivity index (χ1n) is 9.31. The van der Waals surface area contributed by atoms with Crippen molar-refractivity contribution in [3.63, 3.8) is 0 Å². The van der Waals surface area contributed by atoms with Gasteiger partial charge >= 0.3 is 5.69 Å². The van der Waals surface area contributed by atoms with E-state index in [9.17, 15) is 22.8 Å². The Morgan fingerprint density at radius 2 is 1.97 bits per heavy atom. The number of halogens is 1. The molecule has 0 saturated carbocycles. The van der Waals surface area contributed by atoms with Gasteiger partial charge in [-0.15, -0.1) is 0 Å². The quantitative estimate of drug-likeness (QED) is 0.593. The van der Waals surface area contributed by atoms with E-state index in [-0.39, 0.29) is 46.4 Å². The number of rotatable bonds is 5. The van der Waals surface area contributed by atoms with Gasteiger partial charge in [0, 0.05) is 26.2 Å². The number of carbonyl (C=O) groups excluding carboxylic acids is 1. The molecule has 2 aromatic rings. The second-order valence-corrected chi connectivity index (χ2v) is 10.0. The summed E-state index contributed by atoms with van der Waals surface area (Å²) in [7, 11) is -0.368. The largest absolute Gasteiger partial charge is 0.334 e. The van der Waals surface area contributed by atoms with Crippen molar-refractivity contribution in [1.29, 1.82) is 0 Å². The van der Waals surface area contributed by atoms with Gasteiger partial charge in [-0.25, -0.2) is 13.2 Å². The predicted octanol–water partition coefficient (Wildman–Crippen LogP) is -0.0987. The maximum absolute atomic E-state index is 13.2. The highest BCUT2D eigenvalue weighted by Crippen LogP contribution is 2.23. The molecule has 1 aliphatic heterocycles. The van der Waals surface area contributed by atoms with Crippen LogP contribution in [-0.4, -0.2) is 61.5 Å². The minimum absolute atomic E-state index is 0.0509. The van der Waals surface area contributed by atoms with E-state index in [0.29, 0.717) is 12.8 Å². The van der Waals surface area contributed by atoms with E-state index < -0.39 is 27.1 Å². The lowest BCUT2D eigenvalue weighted by atomic mass is 10.1. The SMILES string of the molecule is CC[C@H](C)N(C(=O)Cn1c(Cl)nc2c1c(=O)n(C)c(=O)n2C)[C@@H]1CCS(=O)(=O)C1. The second kappa shape index (κ2) is 7.60. The third-order valence-electron chi connectivity index (χ3n) is 5.55. The Morgan fingerprint density at radius 3 is 2.52 bits per heavy atom. The summed E-state index contributed by atoms with van der Waals surface area (Å²) in [6.07, 6.45) is 1.03. The normalized spacial score (nSPS) is 19.6. The van der Waals surface area contributed by atoms with Crippen LogP contribution in [0.2, 0.25) is 5.28 Å². The number of carbonyl (C=O) groups is 1. The van der Waals surface area contributed by atoms with E-state index in [1.165, 1.54) is 23.2 Å². The molecule has 12 heteroatoms. The van der Waals surface area contributed by atoms with Gasteiger partial charge in [-0.05, 0) is 31.4 Å². The minimum Gasteiger partial charge on any atom is -0.334 e. The lowest BCUT2D eigenvalue weighted by Crippen LogP contribution is -2.48. The average molecular weight is 446 g/mol. The van der Waals surface area contributed by atoms with Gasteiger partial charge in [0.1, 0.15) is 6.54 Å². The maximum atomic E-state index is 13.2. The van der Waals surface area contributed by atoms with Crippen LogP contribution in [0, 0.1) is 0 Å². The lowest BCUT2D eigenvalue weighted by Gasteiger charge is -2.34. The van der Waals surface area contributed by atoms with Crippen LogP contribution < -0.4 is 11.2 Å². The fourth-order valence-corrected chi connectivity index (χ4v) is 5.72. The molecule has 0 N–H and O–H groups in total. The first kappa shape index (κ1) is 21.6. The molecule has 0 spiro atoms. The van der Waals surface area contributed by atoms with Gasteiger partial charge in [-0.3, -0.25) is 23.3 Å².